The summed E-state index contributed by atoms with van der Waals surface area (Å²) >= 11 is 3.14. The van der Waals surface area contributed by atoms with Crippen LogP contribution in [-0.4, -0.2) is 101 Å². The number of amides is 5. The lowest BCUT2D eigenvalue weighted by Gasteiger charge is -2.37. The predicted octanol–water partition coefficient (Wildman–Crippen LogP) is 10.3. The monoisotopic (exact) mass is 1100 g/mol. The molecule has 6 rings (SSSR count). The lowest BCUT2D eigenvalue weighted by molar-refractivity contribution is -0.155. The van der Waals surface area contributed by atoms with Crippen LogP contribution in [0.3, 0.4) is 0 Å². The Morgan fingerprint density at radius 3 is 1.38 bits per heavy atom. The molecule has 0 fully saturated rings. The second kappa shape index (κ2) is 28.4. The Kier molecular flexibility index (Phi) is 21.9. The molecule has 79 heavy (non-hydrogen) atoms. The molecular formula is C64H72N4O9S2. The van der Waals surface area contributed by atoms with Gasteiger partial charge in [0.2, 0.25) is 17.7 Å². The maximum Gasteiger partial charge on any atom is 0.416 e. The van der Waals surface area contributed by atoms with E-state index in [0.717, 1.165) is 45.4 Å². The van der Waals surface area contributed by atoms with Crippen LogP contribution in [0, 0.1) is 0 Å². The first-order chi connectivity index (χ1) is 37.8. The van der Waals surface area contributed by atoms with Gasteiger partial charge in [-0.1, -0.05) is 194 Å². The number of allylic oxidation sites excluding steroid dienone is 1. The summed E-state index contributed by atoms with van der Waals surface area (Å²) in [6.45, 7) is 8.00. The van der Waals surface area contributed by atoms with Gasteiger partial charge in [0.05, 0.1) is 29.1 Å². The fourth-order valence-electron chi connectivity index (χ4n) is 9.26. The number of benzene rings is 6. The van der Waals surface area contributed by atoms with E-state index < -0.39 is 80.9 Å². The number of nitrogens with zero attached hydrogens (tertiary/aromatic N) is 1. The normalized spacial score (nSPS) is 13.1. The molecule has 0 spiro atoms. The van der Waals surface area contributed by atoms with Crippen LogP contribution in [-0.2, 0) is 42.9 Å². The number of hydrogen-bond donors (Lipinski definition) is 4. The Balaban J connectivity index is 1.25. The van der Waals surface area contributed by atoms with Gasteiger partial charge in [-0.3, -0.25) is 24.0 Å². The molecule has 15 heteroatoms. The van der Waals surface area contributed by atoms with Crippen LogP contribution in [0.5, 0.6) is 0 Å². The summed E-state index contributed by atoms with van der Waals surface area (Å²) in [4.78, 5) is 83.6. The molecule has 414 valence electrons. The Labute approximate surface area is 473 Å². The highest BCUT2D eigenvalue weighted by molar-refractivity contribution is 8.00. The number of aliphatic hydroxyl groups excluding tert-OH is 1. The molecule has 6 aromatic rings. The summed E-state index contributed by atoms with van der Waals surface area (Å²) in [6.07, 6.45) is 0.850. The minimum atomic E-state index is -1.69. The van der Waals surface area contributed by atoms with Crippen LogP contribution in [0.15, 0.2) is 194 Å². The first kappa shape index (κ1) is 60.8. The molecule has 5 amide bonds. The molecule has 0 saturated heterocycles. The number of esters is 1. The maximum absolute atomic E-state index is 14.8. The molecule has 4 N–H and O–H groups in total. The van der Waals surface area contributed by atoms with Crippen molar-refractivity contribution in [1.29, 1.82) is 0 Å². The number of hydrogen-bond acceptors (Lipinski definition) is 11. The summed E-state index contributed by atoms with van der Waals surface area (Å²) in [7, 11) is 2.36. The van der Waals surface area contributed by atoms with Gasteiger partial charge in [-0.15, -0.1) is 23.5 Å². The number of likely N-dealkylation sites (N-methyl/N-ethyl adjacent to an activating group) is 1. The maximum atomic E-state index is 14.8. The largest absolute Gasteiger partial charge is 0.460 e. The van der Waals surface area contributed by atoms with Gasteiger partial charge in [0.1, 0.15) is 23.2 Å². The van der Waals surface area contributed by atoms with Gasteiger partial charge in [-0.25, -0.2) is 9.69 Å². The van der Waals surface area contributed by atoms with E-state index in [0.29, 0.717) is 12.2 Å². The first-order valence-electron chi connectivity index (χ1n) is 26.3. The molecular weight excluding hydrogens is 1030 g/mol. The van der Waals surface area contributed by atoms with E-state index >= 15 is 0 Å². The van der Waals surface area contributed by atoms with Crippen molar-refractivity contribution in [1.82, 2.24) is 20.9 Å². The highest BCUT2D eigenvalue weighted by atomic mass is 32.2. The Morgan fingerprint density at radius 2 is 0.987 bits per heavy atom. The van der Waals surface area contributed by atoms with Gasteiger partial charge < -0.3 is 30.5 Å². The Hall–Kier alpha value is -7.46. The first-order valence-corrected chi connectivity index (χ1v) is 28.2. The molecule has 0 aliphatic carbocycles. The van der Waals surface area contributed by atoms with E-state index in [4.69, 9.17) is 9.47 Å². The average molecular weight is 1110 g/mol. The molecule has 0 bridgehead atoms. The highest BCUT2D eigenvalue weighted by Gasteiger charge is 2.42. The van der Waals surface area contributed by atoms with Crippen LogP contribution < -0.4 is 16.0 Å². The highest BCUT2D eigenvalue weighted by Crippen LogP contribution is 2.50. The Morgan fingerprint density at radius 1 is 0.582 bits per heavy atom. The number of aliphatic hydroxyl groups is 1. The minimum absolute atomic E-state index is 0.0922. The molecule has 6 aromatic carbocycles. The molecule has 0 radical (unpaired) electrons. The van der Waals surface area contributed by atoms with Crippen molar-refractivity contribution < 1.29 is 43.3 Å². The zero-order valence-electron chi connectivity index (χ0n) is 45.9. The van der Waals surface area contributed by atoms with Gasteiger partial charge in [0, 0.05) is 19.2 Å². The van der Waals surface area contributed by atoms with Crippen LogP contribution >= 0.6 is 23.5 Å². The number of rotatable bonds is 25. The van der Waals surface area contributed by atoms with Gasteiger partial charge in [-0.2, -0.15) is 0 Å². The SMILES string of the molecule is COC(=O)N(C)C(=O)C(C)(C)NC(=O)[C@@H](CSC(c1ccccc1)(c1ccccc1)c1ccccc1)NC(=O)[C@@H](CCC(=O)OC(C)(C)C)NC(=O)C[C@H](O)C=CCCSC(c1ccccc1)(c1ccccc1)c1ccccc1. The summed E-state index contributed by atoms with van der Waals surface area (Å²) in [5.41, 5.74) is 3.48. The lowest BCUT2D eigenvalue weighted by Crippen LogP contribution is -2.61. The molecule has 3 atom stereocenters. The smallest absolute Gasteiger partial charge is 0.416 e. The van der Waals surface area contributed by atoms with Crippen LogP contribution in [0.4, 0.5) is 4.79 Å². The summed E-state index contributed by atoms with van der Waals surface area (Å²) in [5, 5.41) is 19.6. The summed E-state index contributed by atoms with van der Waals surface area (Å²) < 4.78 is 8.85. The molecule has 0 aliphatic heterocycles. The third-order valence-electron chi connectivity index (χ3n) is 13.0. The summed E-state index contributed by atoms with van der Waals surface area (Å²) in [6, 6.07) is 57.4. The van der Waals surface area contributed by atoms with Crippen LogP contribution in [0.1, 0.15) is 93.7 Å². The number of ether oxygens (including phenoxy) is 2. The lowest BCUT2D eigenvalue weighted by atomic mass is 9.84. The Bertz CT molecular complexity index is 2770. The number of nitrogens with one attached hydrogen (secondary N) is 3. The third kappa shape index (κ3) is 16.3. The van der Waals surface area contributed by atoms with Crippen molar-refractivity contribution in [2.45, 2.75) is 99.1 Å². The van der Waals surface area contributed by atoms with E-state index in [1.54, 1.807) is 38.6 Å². The van der Waals surface area contributed by atoms with Crippen molar-refractivity contribution in [2.75, 3.05) is 25.7 Å². The molecule has 0 saturated carbocycles. The molecule has 0 unspecified atom stereocenters. The number of carbonyl (C=O) groups is 6. The number of thioether (sulfide) groups is 2. The molecule has 0 aliphatic rings. The standard InChI is InChI=1S/C64H72N4O9S2/c1-61(2,3)77-56(71)42-41-53(65-55(70)44-52(69)40-26-27-43-78-63(46-28-14-8-15-29-46,47-30-16-9-17-31-47)48-32-18-10-19-33-48)57(72)66-54(58(73)67-62(4,5)59(74)68(6)60(75)76-7)45-79-64(49-34-20-11-21-35-49,50-36-22-12-23-37-50)51-38-24-13-25-39-51/h8-26,28-40,52-54,69H,27,41-45H2,1-7H3,(H,65,70)(H,66,72)(H,67,73)/t52-,53-,54-/m1/s1. The van der Waals surface area contributed by atoms with E-state index in [9.17, 15) is 33.9 Å². The fraction of sp³-hybridized carbons (Fsp3) is 0.312. The van der Waals surface area contributed by atoms with Gasteiger partial charge in [-0.05, 0) is 86.6 Å². The molecule has 13 nitrogen and oxygen atoms in total. The molecule has 0 aromatic heterocycles. The van der Waals surface area contributed by atoms with E-state index in [2.05, 4.69) is 52.3 Å². The van der Waals surface area contributed by atoms with Crippen LogP contribution in [0.2, 0.25) is 0 Å². The quantitative estimate of drug-likeness (QED) is 0.0185. The number of carbonyl (C=O) groups excluding carboxylic acids is 6. The van der Waals surface area contributed by atoms with Crippen molar-refractivity contribution in [3.05, 3.63) is 228 Å². The summed E-state index contributed by atoms with van der Waals surface area (Å²) in [5.74, 6) is -3.10. The van der Waals surface area contributed by atoms with Gasteiger partial charge in [0.25, 0.3) is 5.91 Å². The van der Waals surface area contributed by atoms with Crippen molar-refractivity contribution in [3.8, 4) is 0 Å². The average Bonchev–Trinajstić information content (AvgIpc) is 3.53. The molecule has 0 heterocycles. The number of imide groups is 1. The van der Waals surface area contributed by atoms with Crippen LogP contribution in [0.25, 0.3) is 0 Å². The van der Waals surface area contributed by atoms with Gasteiger partial charge >= 0.3 is 12.1 Å². The minimum Gasteiger partial charge on any atom is -0.460 e. The van der Waals surface area contributed by atoms with E-state index in [1.165, 1.54) is 32.7 Å². The third-order valence-corrected chi connectivity index (χ3v) is 16.2. The zero-order chi connectivity index (χ0) is 57.1. The zero-order valence-corrected chi connectivity index (χ0v) is 47.6. The van der Waals surface area contributed by atoms with Crippen molar-refractivity contribution in [3.63, 3.8) is 0 Å². The van der Waals surface area contributed by atoms with E-state index in [1.807, 2.05) is 152 Å². The van der Waals surface area contributed by atoms with Gasteiger partial charge in [0.15, 0.2) is 0 Å². The second-order valence-corrected chi connectivity index (χ2v) is 23.0. The number of methoxy groups -OCH3 is 1. The topological polar surface area (TPSA) is 180 Å². The fourth-order valence-corrected chi connectivity index (χ4v) is 12.3. The van der Waals surface area contributed by atoms with Crippen molar-refractivity contribution >= 4 is 59.2 Å². The predicted molar refractivity (Wildman–Crippen MR) is 314 cm³/mol. The van der Waals surface area contributed by atoms with E-state index in [-0.39, 0.29) is 18.6 Å². The second-order valence-electron chi connectivity index (χ2n) is 20.5. The van der Waals surface area contributed by atoms with Crippen molar-refractivity contribution in [2.24, 2.45) is 0 Å².